The van der Waals surface area contributed by atoms with Crippen LogP contribution in [0.2, 0.25) is 0 Å². The van der Waals surface area contributed by atoms with Crippen LogP contribution in [-0.2, 0) is 17.7 Å². The largest absolute Gasteiger partial charge is 0.448 e. The summed E-state index contributed by atoms with van der Waals surface area (Å²) in [5.74, 6) is 1.39. The molecule has 0 radical (unpaired) electrons. The third-order valence-corrected chi connectivity index (χ3v) is 3.11. The summed E-state index contributed by atoms with van der Waals surface area (Å²) in [4.78, 5) is 15.2. The SMILES string of the molecule is Cc1cccc2nc(CCCl)n(CCOC(N)=O)c12. The quantitative estimate of drug-likeness (QED) is 0.854. The fraction of sp³-hybridized carbons (Fsp3) is 0.385. The molecule has 19 heavy (non-hydrogen) atoms. The summed E-state index contributed by atoms with van der Waals surface area (Å²) in [6.07, 6.45) is -0.0910. The van der Waals surface area contributed by atoms with Crippen LogP contribution in [0.1, 0.15) is 11.4 Å². The highest BCUT2D eigenvalue weighted by molar-refractivity contribution is 6.17. The predicted octanol–water partition coefficient (Wildman–Crippen LogP) is 2.22. The lowest BCUT2D eigenvalue weighted by Gasteiger charge is -2.09. The number of alkyl halides is 1. The Morgan fingerprint density at radius 1 is 1.53 bits per heavy atom. The molecule has 0 saturated carbocycles. The summed E-state index contributed by atoms with van der Waals surface area (Å²) >= 11 is 5.80. The van der Waals surface area contributed by atoms with Gasteiger partial charge in [0.1, 0.15) is 12.4 Å². The lowest BCUT2D eigenvalue weighted by molar-refractivity contribution is 0.152. The maximum Gasteiger partial charge on any atom is 0.404 e. The number of imidazole rings is 1. The molecule has 0 saturated heterocycles. The van der Waals surface area contributed by atoms with Gasteiger partial charge in [0.25, 0.3) is 0 Å². The monoisotopic (exact) mass is 281 g/mol. The molecule has 2 aromatic rings. The second-order valence-corrected chi connectivity index (χ2v) is 4.61. The Kier molecular flexibility index (Phi) is 4.27. The van der Waals surface area contributed by atoms with Gasteiger partial charge in [-0.25, -0.2) is 9.78 Å². The standard InChI is InChI=1S/C13H16ClN3O2/c1-9-3-2-4-10-12(9)17(7-8-19-13(15)18)11(16-10)5-6-14/h2-4H,5-8H2,1H3,(H2,15,18). The number of amides is 1. The molecule has 0 fully saturated rings. The van der Waals surface area contributed by atoms with E-state index in [9.17, 15) is 4.79 Å². The maximum atomic E-state index is 10.6. The number of rotatable bonds is 5. The fourth-order valence-corrected chi connectivity index (χ4v) is 2.34. The Morgan fingerprint density at radius 2 is 2.32 bits per heavy atom. The van der Waals surface area contributed by atoms with Crippen LogP contribution < -0.4 is 5.73 Å². The number of nitrogens with zero attached hydrogens (tertiary/aromatic N) is 2. The van der Waals surface area contributed by atoms with Gasteiger partial charge in [-0.05, 0) is 18.6 Å². The van der Waals surface area contributed by atoms with Crippen molar-refractivity contribution in [1.29, 1.82) is 0 Å². The first-order valence-corrected chi connectivity index (χ1v) is 6.60. The second kappa shape index (κ2) is 5.93. The molecule has 0 bridgehead atoms. The van der Waals surface area contributed by atoms with Crippen LogP contribution in [0, 0.1) is 6.92 Å². The number of para-hydroxylation sites is 1. The highest BCUT2D eigenvalue weighted by Gasteiger charge is 2.12. The van der Waals surface area contributed by atoms with Crippen molar-refractivity contribution in [3.05, 3.63) is 29.6 Å². The number of benzene rings is 1. The van der Waals surface area contributed by atoms with Crippen molar-refractivity contribution in [1.82, 2.24) is 9.55 Å². The Hall–Kier alpha value is -1.75. The number of fused-ring (bicyclic) bond motifs is 1. The number of hydrogen-bond acceptors (Lipinski definition) is 3. The lowest BCUT2D eigenvalue weighted by atomic mass is 10.2. The Morgan fingerprint density at radius 3 is 3.00 bits per heavy atom. The van der Waals surface area contributed by atoms with Gasteiger partial charge in [0, 0.05) is 12.3 Å². The van der Waals surface area contributed by atoms with E-state index in [1.807, 2.05) is 29.7 Å². The second-order valence-electron chi connectivity index (χ2n) is 4.23. The molecule has 2 N–H and O–H groups in total. The van der Waals surface area contributed by atoms with Gasteiger partial charge >= 0.3 is 6.09 Å². The molecule has 0 spiro atoms. The van der Waals surface area contributed by atoms with E-state index < -0.39 is 6.09 Å². The number of nitrogens with two attached hydrogens (primary N) is 1. The summed E-state index contributed by atoms with van der Waals surface area (Å²) in [6, 6.07) is 5.96. The van der Waals surface area contributed by atoms with Gasteiger partial charge in [0.15, 0.2) is 0 Å². The minimum absolute atomic E-state index is 0.227. The van der Waals surface area contributed by atoms with Gasteiger partial charge in [0.05, 0.1) is 17.6 Å². The molecule has 5 nitrogen and oxygen atoms in total. The fourth-order valence-electron chi connectivity index (χ4n) is 2.17. The molecule has 0 aliphatic rings. The molecule has 2 rings (SSSR count). The number of carbonyl (C=O) groups is 1. The third-order valence-electron chi connectivity index (χ3n) is 2.92. The van der Waals surface area contributed by atoms with E-state index in [0.29, 0.717) is 18.8 Å². The Bertz CT molecular complexity index is 595. The molecular weight excluding hydrogens is 266 g/mol. The molecular formula is C13H16ClN3O2. The van der Waals surface area contributed by atoms with Crippen molar-refractivity contribution < 1.29 is 9.53 Å². The van der Waals surface area contributed by atoms with Gasteiger partial charge in [-0.1, -0.05) is 12.1 Å². The molecule has 1 amide bonds. The maximum absolute atomic E-state index is 10.6. The van der Waals surface area contributed by atoms with Crippen LogP contribution in [0.3, 0.4) is 0 Å². The molecule has 0 atom stereocenters. The minimum atomic E-state index is -0.764. The Balaban J connectivity index is 2.36. The average molecular weight is 282 g/mol. The number of hydrogen-bond donors (Lipinski definition) is 1. The van der Waals surface area contributed by atoms with Crippen molar-refractivity contribution >= 4 is 28.7 Å². The Labute approximate surface area is 116 Å². The van der Waals surface area contributed by atoms with Gasteiger partial charge in [-0.2, -0.15) is 0 Å². The third kappa shape index (κ3) is 2.98. The zero-order chi connectivity index (χ0) is 13.8. The van der Waals surface area contributed by atoms with Crippen LogP contribution in [-0.4, -0.2) is 28.1 Å². The number of halogens is 1. The van der Waals surface area contributed by atoms with E-state index in [1.54, 1.807) is 0 Å². The van der Waals surface area contributed by atoms with Crippen LogP contribution in [0.25, 0.3) is 11.0 Å². The first kappa shape index (κ1) is 13.7. The van der Waals surface area contributed by atoms with Crippen molar-refractivity contribution in [3.63, 3.8) is 0 Å². The molecule has 0 unspecified atom stereocenters. The van der Waals surface area contributed by atoms with Crippen LogP contribution in [0.4, 0.5) is 4.79 Å². The van der Waals surface area contributed by atoms with Crippen molar-refractivity contribution in [3.8, 4) is 0 Å². The van der Waals surface area contributed by atoms with E-state index >= 15 is 0 Å². The summed E-state index contributed by atoms with van der Waals surface area (Å²) in [5, 5.41) is 0. The average Bonchev–Trinajstić information content (AvgIpc) is 2.69. The van der Waals surface area contributed by atoms with Crippen LogP contribution in [0.15, 0.2) is 18.2 Å². The van der Waals surface area contributed by atoms with Gasteiger partial charge in [-0.3, -0.25) is 0 Å². The van der Waals surface area contributed by atoms with Crippen molar-refractivity contribution in [2.75, 3.05) is 12.5 Å². The normalized spacial score (nSPS) is 10.8. The van der Waals surface area contributed by atoms with Crippen LogP contribution in [0.5, 0.6) is 0 Å². The lowest BCUT2D eigenvalue weighted by Crippen LogP contribution is -2.17. The van der Waals surface area contributed by atoms with Crippen molar-refractivity contribution in [2.45, 2.75) is 19.9 Å². The number of ether oxygens (including phenoxy) is 1. The summed E-state index contributed by atoms with van der Waals surface area (Å²) in [7, 11) is 0. The highest BCUT2D eigenvalue weighted by atomic mass is 35.5. The van der Waals surface area contributed by atoms with Gasteiger partial charge in [-0.15, -0.1) is 11.6 Å². The first-order valence-electron chi connectivity index (χ1n) is 6.06. The molecule has 0 aliphatic carbocycles. The zero-order valence-corrected chi connectivity index (χ0v) is 11.5. The van der Waals surface area contributed by atoms with Gasteiger partial charge in [0.2, 0.25) is 0 Å². The van der Waals surface area contributed by atoms with E-state index in [2.05, 4.69) is 4.98 Å². The molecule has 1 aromatic heterocycles. The minimum Gasteiger partial charge on any atom is -0.448 e. The van der Waals surface area contributed by atoms with Crippen molar-refractivity contribution in [2.24, 2.45) is 5.73 Å². The smallest absolute Gasteiger partial charge is 0.404 e. The number of aryl methyl sites for hydroxylation is 2. The van der Waals surface area contributed by atoms with E-state index in [1.165, 1.54) is 0 Å². The predicted molar refractivity (Wildman–Crippen MR) is 74.4 cm³/mol. The molecule has 1 aromatic carbocycles. The summed E-state index contributed by atoms with van der Waals surface area (Å²) in [6.45, 7) is 2.78. The van der Waals surface area contributed by atoms with E-state index in [0.717, 1.165) is 22.4 Å². The van der Waals surface area contributed by atoms with E-state index in [4.69, 9.17) is 22.1 Å². The topological polar surface area (TPSA) is 70.1 Å². The summed E-state index contributed by atoms with van der Waals surface area (Å²) in [5.41, 5.74) is 8.07. The highest BCUT2D eigenvalue weighted by Crippen LogP contribution is 2.20. The molecule has 0 aliphatic heterocycles. The molecule has 102 valence electrons. The molecule has 6 heteroatoms. The summed E-state index contributed by atoms with van der Waals surface area (Å²) < 4.78 is 6.83. The number of aromatic nitrogens is 2. The van der Waals surface area contributed by atoms with E-state index in [-0.39, 0.29) is 6.61 Å². The van der Waals surface area contributed by atoms with Gasteiger partial charge < -0.3 is 15.0 Å². The zero-order valence-electron chi connectivity index (χ0n) is 10.7. The molecule has 1 heterocycles. The van der Waals surface area contributed by atoms with Crippen LogP contribution >= 0.6 is 11.6 Å². The number of carbonyl (C=O) groups excluding carboxylic acids is 1. The number of primary amides is 1. The first-order chi connectivity index (χ1) is 9.13.